The molecule has 2 aromatic carbocycles. The van der Waals surface area contributed by atoms with Gasteiger partial charge in [-0.25, -0.2) is 5.06 Å². The molecule has 0 spiro atoms. The van der Waals surface area contributed by atoms with Crippen molar-refractivity contribution in [2.24, 2.45) is 0 Å². The van der Waals surface area contributed by atoms with Crippen LogP contribution in [0.1, 0.15) is 15.9 Å². The molecule has 116 valence electrons. The summed E-state index contributed by atoms with van der Waals surface area (Å²) in [5.41, 5.74) is 1.45. The molecule has 5 nitrogen and oxygen atoms in total. The summed E-state index contributed by atoms with van der Waals surface area (Å²) in [6, 6.07) is 14.7. The van der Waals surface area contributed by atoms with E-state index < -0.39 is 0 Å². The van der Waals surface area contributed by atoms with E-state index in [0.717, 1.165) is 16.4 Å². The molecule has 0 bridgehead atoms. The van der Waals surface area contributed by atoms with Gasteiger partial charge in [-0.05, 0) is 29.8 Å². The molecule has 0 unspecified atom stereocenters. The van der Waals surface area contributed by atoms with Crippen LogP contribution in [0.15, 0.2) is 48.5 Å². The Labute approximate surface area is 130 Å². The van der Waals surface area contributed by atoms with Crippen LogP contribution in [0.2, 0.25) is 0 Å². The van der Waals surface area contributed by atoms with E-state index in [1.54, 1.807) is 32.4 Å². The van der Waals surface area contributed by atoms with Gasteiger partial charge in [0.1, 0.15) is 18.1 Å². The normalized spacial score (nSPS) is 10.1. The highest BCUT2D eigenvalue weighted by Crippen LogP contribution is 2.21. The second kappa shape index (κ2) is 7.47. The summed E-state index contributed by atoms with van der Waals surface area (Å²) in [7, 11) is 4.63. The third-order valence-electron chi connectivity index (χ3n) is 3.23. The predicted octanol–water partition coefficient (Wildman–Crippen LogP) is 2.91. The fraction of sp³-hybridized carbons (Fsp3) is 0.235. The first-order valence-corrected chi connectivity index (χ1v) is 6.82. The number of rotatable bonds is 6. The highest BCUT2D eigenvalue weighted by atomic mass is 16.7. The van der Waals surface area contributed by atoms with Crippen molar-refractivity contribution in [3.8, 4) is 11.5 Å². The molecule has 0 heterocycles. The number of benzene rings is 2. The average molecular weight is 301 g/mol. The number of carbonyl (C=O) groups excluding carboxylic acids is 1. The van der Waals surface area contributed by atoms with Gasteiger partial charge in [-0.15, -0.1) is 0 Å². The van der Waals surface area contributed by atoms with Crippen LogP contribution in [0, 0.1) is 0 Å². The highest BCUT2D eigenvalue weighted by molar-refractivity contribution is 5.96. The number of hydrogen-bond acceptors (Lipinski definition) is 4. The first-order valence-electron chi connectivity index (χ1n) is 6.82. The molecule has 0 aliphatic heterocycles. The lowest BCUT2D eigenvalue weighted by molar-refractivity contribution is -0.0758. The third kappa shape index (κ3) is 3.77. The minimum atomic E-state index is -0.257. The van der Waals surface area contributed by atoms with Crippen molar-refractivity contribution in [2.75, 3.05) is 21.3 Å². The largest absolute Gasteiger partial charge is 0.497 e. The Morgan fingerprint density at radius 1 is 1.05 bits per heavy atom. The summed E-state index contributed by atoms with van der Waals surface area (Å²) in [4.78, 5) is 17.1. The molecule has 5 heteroatoms. The lowest BCUT2D eigenvalue weighted by Gasteiger charge is -2.16. The van der Waals surface area contributed by atoms with Crippen LogP contribution in [-0.4, -0.2) is 32.2 Å². The maximum absolute atomic E-state index is 12.2. The zero-order valence-corrected chi connectivity index (χ0v) is 12.9. The molecule has 2 aromatic rings. The molecule has 0 aliphatic rings. The molecule has 0 saturated carbocycles. The number of amides is 1. The van der Waals surface area contributed by atoms with Crippen molar-refractivity contribution < 1.29 is 19.1 Å². The summed E-state index contributed by atoms with van der Waals surface area (Å²) in [6.45, 7) is 0.366. The summed E-state index contributed by atoms with van der Waals surface area (Å²) in [5, 5.41) is 1.16. The fourth-order valence-electron chi connectivity index (χ4n) is 1.90. The number of hydrogen-bond donors (Lipinski definition) is 0. The molecule has 22 heavy (non-hydrogen) atoms. The van der Waals surface area contributed by atoms with Gasteiger partial charge in [0.15, 0.2) is 0 Å². The van der Waals surface area contributed by atoms with Gasteiger partial charge in [0.05, 0.1) is 19.8 Å². The summed E-state index contributed by atoms with van der Waals surface area (Å²) < 4.78 is 10.9. The van der Waals surface area contributed by atoms with Crippen LogP contribution in [0.25, 0.3) is 0 Å². The highest BCUT2D eigenvalue weighted by Gasteiger charge is 2.16. The Balaban J connectivity index is 2.10. The van der Waals surface area contributed by atoms with E-state index in [9.17, 15) is 4.79 Å². The molecule has 0 aromatic heterocycles. The molecule has 0 fully saturated rings. The number of nitrogens with zero attached hydrogens (tertiary/aromatic N) is 1. The zero-order chi connectivity index (χ0) is 15.9. The van der Waals surface area contributed by atoms with Crippen molar-refractivity contribution in [1.82, 2.24) is 5.06 Å². The van der Waals surface area contributed by atoms with Gasteiger partial charge < -0.3 is 9.47 Å². The predicted molar refractivity (Wildman–Crippen MR) is 82.9 cm³/mol. The molecule has 2 rings (SSSR count). The maximum atomic E-state index is 12.2. The van der Waals surface area contributed by atoms with Crippen LogP contribution >= 0.6 is 0 Å². The number of para-hydroxylation sites is 1. The Bertz CT molecular complexity index is 625. The number of methoxy groups -OCH3 is 1. The van der Waals surface area contributed by atoms with Gasteiger partial charge in [-0.2, -0.15) is 0 Å². The van der Waals surface area contributed by atoms with E-state index in [1.165, 1.54) is 7.11 Å². The second-order valence-corrected chi connectivity index (χ2v) is 4.62. The van der Waals surface area contributed by atoms with Crippen LogP contribution < -0.4 is 9.47 Å². The number of carbonyl (C=O) groups is 1. The Hall–Kier alpha value is -2.53. The fourth-order valence-corrected chi connectivity index (χ4v) is 1.90. The molecular formula is C17H19NO4. The lowest BCUT2D eigenvalue weighted by atomic mass is 10.2. The summed E-state index contributed by atoms with van der Waals surface area (Å²) in [6.07, 6.45) is 0. The van der Waals surface area contributed by atoms with E-state index in [1.807, 2.05) is 30.3 Å². The van der Waals surface area contributed by atoms with Crippen LogP contribution in [0.3, 0.4) is 0 Å². The minimum absolute atomic E-state index is 0.257. The Kier molecular flexibility index (Phi) is 5.38. The lowest BCUT2D eigenvalue weighted by Crippen LogP contribution is -2.25. The van der Waals surface area contributed by atoms with Gasteiger partial charge in [0.25, 0.3) is 5.91 Å². The molecule has 0 N–H and O–H groups in total. The van der Waals surface area contributed by atoms with Crippen LogP contribution in [0.5, 0.6) is 11.5 Å². The van der Waals surface area contributed by atoms with Crippen LogP contribution in [-0.2, 0) is 11.4 Å². The monoisotopic (exact) mass is 301 g/mol. The molecule has 1 amide bonds. The van der Waals surface area contributed by atoms with Crippen molar-refractivity contribution >= 4 is 5.91 Å². The minimum Gasteiger partial charge on any atom is -0.497 e. The van der Waals surface area contributed by atoms with E-state index in [-0.39, 0.29) is 5.91 Å². The van der Waals surface area contributed by atoms with Gasteiger partial charge in [-0.3, -0.25) is 9.63 Å². The number of ether oxygens (including phenoxy) is 2. The van der Waals surface area contributed by atoms with E-state index >= 15 is 0 Å². The topological polar surface area (TPSA) is 48.0 Å². The van der Waals surface area contributed by atoms with Crippen molar-refractivity contribution in [3.63, 3.8) is 0 Å². The third-order valence-corrected chi connectivity index (χ3v) is 3.23. The van der Waals surface area contributed by atoms with E-state index in [2.05, 4.69) is 0 Å². The van der Waals surface area contributed by atoms with Gasteiger partial charge in [0.2, 0.25) is 0 Å². The SMILES string of the molecule is COc1ccc(COc2ccccc2C(=O)N(C)OC)cc1. The average Bonchev–Trinajstić information content (AvgIpc) is 2.59. The maximum Gasteiger partial charge on any atom is 0.280 e. The standard InChI is InChI=1S/C17H19NO4/c1-18(21-3)17(19)15-6-4-5-7-16(15)22-12-13-8-10-14(20-2)11-9-13/h4-11H,12H2,1-3H3. The first kappa shape index (κ1) is 15.9. The van der Waals surface area contributed by atoms with Gasteiger partial charge >= 0.3 is 0 Å². The molecule has 0 saturated heterocycles. The van der Waals surface area contributed by atoms with Crippen LogP contribution in [0.4, 0.5) is 0 Å². The van der Waals surface area contributed by atoms with Gasteiger partial charge in [-0.1, -0.05) is 24.3 Å². The second-order valence-electron chi connectivity index (χ2n) is 4.62. The Morgan fingerprint density at radius 3 is 2.36 bits per heavy atom. The summed E-state index contributed by atoms with van der Waals surface area (Å²) in [5.74, 6) is 1.06. The van der Waals surface area contributed by atoms with Gasteiger partial charge in [0, 0.05) is 7.05 Å². The van der Waals surface area contributed by atoms with Crippen molar-refractivity contribution in [1.29, 1.82) is 0 Å². The first-order chi connectivity index (χ1) is 10.7. The Morgan fingerprint density at radius 2 is 1.73 bits per heavy atom. The molecule has 0 aliphatic carbocycles. The summed E-state index contributed by atoms with van der Waals surface area (Å²) >= 11 is 0. The molecule has 0 radical (unpaired) electrons. The van der Waals surface area contributed by atoms with Crippen molar-refractivity contribution in [3.05, 3.63) is 59.7 Å². The number of hydroxylamine groups is 2. The van der Waals surface area contributed by atoms with Crippen molar-refractivity contribution in [2.45, 2.75) is 6.61 Å². The quantitative estimate of drug-likeness (QED) is 0.770. The molecule has 0 atom stereocenters. The smallest absolute Gasteiger partial charge is 0.280 e. The zero-order valence-electron chi connectivity index (χ0n) is 12.9. The molecular weight excluding hydrogens is 282 g/mol. The van der Waals surface area contributed by atoms with E-state index in [4.69, 9.17) is 14.3 Å². The van der Waals surface area contributed by atoms with E-state index in [0.29, 0.717) is 17.9 Å².